The smallest absolute Gasteiger partial charge is 0.155 e. The second-order valence-electron chi connectivity index (χ2n) is 9.56. The van der Waals surface area contributed by atoms with Gasteiger partial charge in [0.05, 0.1) is 11.7 Å². The number of aliphatic hydroxyl groups excluding tert-OH is 1. The Bertz CT molecular complexity index is 594. The zero-order valence-corrected chi connectivity index (χ0v) is 15.3. The molecule has 134 valence electrons. The van der Waals surface area contributed by atoms with Gasteiger partial charge in [-0.15, -0.1) is 0 Å². The molecule has 4 rings (SSSR count). The second kappa shape index (κ2) is 5.17. The third-order valence-electron chi connectivity index (χ3n) is 8.87. The van der Waals surface area contributed by atoms with Crippen LogP contribution >= 0.6 is 0 Å². The summed E-state index contributed by atoms with van der Waals surface area (Å²) in [5.41, 5.74) is 0.489. The summed E-state index contributed by atoms with van der Waals surface area (Å²) in [7, 11) is 0. The number of carbonyl (C=O) groups excluding carboxylic acids is 1. The van der Waals surface area contributed by atoms with Gasteiger partial charge in [0.1, 0.15) is 0 Å². The van der Waals surface area contributed by atoms with E-state index < -0.39 is 11.7 Å². The van der Waals surface area contributed by atoms with Gasteiger partial charge in [0.2, 0.25) is 0 Å². The van der Waals surface area contributed by atoms with Gasteiger partial charge in [0.25, 0.3) is 0 Å². The van der Waals surface area contributed by atoms with Gasteiger partial charge in [-0.1, -0.05) is 19.4 Å². The first-order valence-electron chi connectivity index (χ1n) is 9.87. The van der Waals surface area contributed by atoms with E-state index in [0.717, 1.165) is 44.9 Å². The number of hydrogen-bond acceptors (Lipinski definition) is 3. The summed E-state index contributed by atoms with van der Waals surface area (Å²) in [5, 5.41) is 21.5. The molecule has 0 aromatic rings. The van der Waals surface area contributed by atoms with E-state index in [4.69, 9.17) is 0 Å². The van der Waals surface area contributed by atoms with E-state index in [0.29, 0.717) is 30.0 Å². The van der Waals surface area contributed by atoms with Crippen LogP contribution in [0.25, 0.3) is 0 Å². The molecule has 0 aromatic carbocycles. The van der Waals surface area contributed by atoms with Gasteiger partial charge in [-0.25, -0.2) is 0 Å². The lowest BCUT2D eigenvalue weighted by molar-refractivity contribution is -0.171. The van der Waals surface area contributed by atoms with Crippen LogP contribution in [0.15, 0.2) is 11.6 Å². The highest BCUT2D eigenvalue weighted by Crippen LogP contribution is 2.67. The first kappa shape index (κ1) is 16.8. The average Bonchev–Trinajstić information content (AvgIpc) is 2.81. The van der Waals surface area contributed by atoms with Crippen molar-refractivity contribution in [1.29, 1.82) is 0 Å². The van der Waals surface area contributed by atoms with Gasteiger partial charge in [-0.2, -0.15) is 0 Å². The monoisotopic (exact) mass is 332 g/mol. The topological polar surface area (TPSA) is 57.5 Å². The van der Waals surface area contributed by atoms with Crippen molar-refractivity contribution in [3.8, 4) is 0 Å². The summed E-state index contributed by atoms with van der Waals surface area (Å²) in [6, 6.07) is 0. The predicted octanol–water partition coefficient (Wildman–Crippen LogP) is 3.63. The minimum atomic E-state index is -0.928. The number of rotatable bonds is 1. The second-order valence-corrected chi connectivity index (χ2v) is 9.56. The predicted molar refractivity (Wildman–Crippen MR) is 93.3 cm³/mol. The average molecular weight is 332 g/mol. The van der Waals surface area contributed by atoms with Crippen LogP contribution in [0.5, 0.6) is 0 Å². The van der Waals surface area contributed by atoms with Gasteiger partial charge in [0, 0.05) is 11.8 Å². The highest BCUT2D eigenvalue weighted by Gasteiger charge is 2.65. The maximum atomic E-state index is 11.9. The normalized spacial score (nSPS) is 52.1. The summed E-state index contributed by atoms with van der Waals surface area (Å²) >= 11 is 0. The van der Waals surface area contributed by atoms with Crippen LogP contribution in [-0.4, -0.2) is 27.7 Å². The molecule has 0 aromatic heterocycles. The minimum absolute atomic E-state index is 0.162. The molecule has 4 aliphatic rings. The van der Waals surface area contributed by atoms with Crippen molar-refractivity contribution in [1.82, 2.24) is 0 Å². The van der Waals surface area contributed by atoms with Crippen LogP contribution < -0.4 is 0 Å². The molecule has 0 aliphatic heterocycles. The third kappa shape index (κ3) is 1.94. The van der Waals surface area contributed by atoms with E-state index in [1.165, 1.54) is 5.57 Å². The van der Waals surface area contributed by atoms with Crippen LogP contribution in [0, 0.1) is 28.6 Å². The van der Waals surface area contributed by atoms with Gasteiger partial charge in [-0.05, 0) is 81.1 Å². The van der Waals surface area contributed by atoms with E-state index >= 15 is 0 Å². The quantitative estimate of drug-likeness (QED) is 0.771. The van der Waals surface area contributed by atoms with E-state index in [1.807, 2.05) is 6.08 Å². The Hall–Kier alpha value is -0.670. The van der Waals surface area contributed by atoms with Crippen molar-refractivity contribution in [3.63, 3.8) is 0 Å². The van der Waals surface area contributed by atoms with Gasteiger partial charge < -0.3 is 10.2 Å². The van der Waals surface area contributed by atoms with Crippen LogP contribution in [0.4, 0.5) is 0 Å². The molecule has 3 nitrogen and oxygen atoms in total. The Morgan fingerprint density at radius 1 is 1.08 bits per heavy atom. The Labute approximate surface area is 145 Å². The maximum Gasteiger partial charge on any atom is 0.155 e. The first-order valence-corrected chi connectivity index (χ1v) is 9.87. The summed E-state index contributed by atoms with van der Waals surface area (Å²) < 4.78 is 0. The zero-order chi connectivity index (χ0) is 17.3. The fraction of sp³-hybridized carbons (Fsp3) is 0.857. The van der Waals surface area contributed by atoms with Crippen LogP contribution in [-0.2, 0) is 4.79 Å². The largest absolute Gasteiger partial charge is 0.390 e. The lowest BCUT2D eigenvalue weighted by Gasteiger charge is -2.59. The van der Waals surface area contributed by atoms with Gasteiger partial charge in [-0.3, -0.25) is 4.79 Å². The molecule has 5 unspecified atom stereocenters. The van der Waals surface area contributed by atoms with Gasteiger partial charge in [0.15, 0.2) is 5.78 Å². The number of fused-ring (bicyclic) bond motifs is 5. The number of aliphatic hydroxyl groups is 2. The molecule has 0 amide bonds. The van der Waals surface area contributed by atoms with Gasteiger partial charge >= 0.3 is 0 Å². The Kier molecular flexibility index (Phi) is 3.61. The Morgan fingerprint density at radius 3 is 2.50 bits per heavy atom. The molecule has 0 spiro atoms. The van der Waals surface area contributed by atoms with E-state index in [1.54, 1.807) is 6.92 Å². The maximum absolute atomic E-state index is 11.9. The highest BCUT2D eigenvalue weighted by molar-refractivity contribution is 5.91. The molecule has 3 saturated carbocycles. The van der Waals surface area contributed by atoms with Crippen molar-refractivity contribution in [2.75, 3.05) is 0 Å². The van der Waals surface area contributed by atoms with Crippen LogP contribution in [0.2, 0.25) is 0 Å². The van der Waals surface area contributed by atoms with Crippen molar-refractivity contribution < 1.29 is 15.0 Å². The first-order chi connectivity index (χ1) is 11.2. The van der Waals surface area contributed by atoms with Crippen molar-refractivity contribution in [2.45, 2.75) is 83.8 Å². The van der Waals surface area contributed by atoms with Crippen LogP contribution in [0.3, 0.4) is 0 Å². The summed E-state index contributed by atoms with van der Waals surface area (Å²) in [4.78, 5) is 11.9. The van der Waals surface area contributed by atoms with E-state index in [2.05, 4.69) is 13.8 Å². The SMILES string of the molecule is C[C@@H](O)[C@@]1(O)CCC2C3CCC4=CC(=O)CCC4(C)C3CCC21C. The molecule has 0 radical (unpaired) electrons. The Morgan fingerprint density at radius 2 is 1.79 bits per heavy atom. The molecule has 3 fully saturated rings. The fourth-order valence-corrected chi connectivity index (χ4v) is 7.30. The Balaban J connectivity index is 1.69. The number of hydrogen-bond donors (Lipinski definition) is 2. The molecule has 3 heteroatoms. The molecule has 7 atom stereocenters. The van der Waals surface area contributed by atoms with Crippen molar-refractivity contribution >= 4 is 5.78 Å². The van der Waals surface area contributed by atoms with E-state index in [-0.39, 0.29) is 10.8 Å². The number of carbonyl (C=O) groups is 1. The lowest BCUT2D eigenvalue weighted by Crippen LogP contribution is -2.58. The van der Waals surface area contributed by atoms with Crippen molar-refractivity contribution in [3.05, 3.63) is 11.6 Å². The molecular weight excluding hydrogens is 300 g/mol. The fourth-order valence-electron chi connectivity index (χ4n) is 7.30. The zero-order valence-electron chi connectivity index (χ0n) is 15.3. The molecule has 24 heavy (non-hydrogen) atoms. The highest BCUT2D eigenvalue weighted by atomic mass is 16.3. The molecule has 0 bridgehead atoms. The van der Waals surface area contributed by atoms with Crippen molar-refractivity contribution in [2.24, 2.45) is 28.6 Å². The van der Waals surface area contributed by atoms with Crippen LogP contribution in [0.1, 0.15) is 72.1 Å². The summed E-state index contributed by atoms with van der Waals surface area (Å²) in [6.45, 7) is 6.38. The summed E-state index contributed by atoms with van der Waals surface area (Å²) in [5.74, 6) is 2.09. The standard InChI is InChI=1S/C21H32O3/c1-13(22)21(24)11-8-18-16-5-4-14-12-15(23)6-9-19(14,2)17(16)7-10-20(18,21)3/h12-13,16-18,22,24H,4-11H2,1-3H3/t13-,16?,17?,18?,19?,20?,21+/m1/s1. The molecule has 4 aliphatic carbocycles. The molecule has 0 heterocycles. The lowest BCUT2D eigenvalue weighted by atomic mass is 9.46. The molecular formula is C21H32O3. The third-order valence-corrected chi connectivity index (χ3v) is 8.87. The number of allylic oxidation sites excluding steroid dienone is 1. The van der Waals surface area contributed by atoms with E-state index in [9.17, 15) is 15.0 Å². The molecule has 0 saturated heterocycles. The molecule has 2 N–H and O–H groups in total. The number of ketones is 1. The summed E-state index contributed by atoms with van der Waals surface area (Å²) in [6.07, 6.45) is 9.07. The minimum Gasteiger partial charge on any atom is -0.390 e.